The monoisotopic (exact) mass is 306 g/mol. The number of likely N-dealkylation sites (tertiary alicyclic amines) is 1. The van der Waals surface area contributed by atoms with Crippen LogP contribution in [0.25, 0.3) is 0 Å². The number of piperidine rings is 1. The third-order valence-corrected chi connectivity index (χ3v) is 3.63. The number of hydrogen-bond acceptors (Lipinski definition) is 5. The molecule has 0 spiro atoms. The van der Waals surface area contributed by atoms with E-state index in [4.69, 9.17) is 4.74 Å². The number of amides is 1. The number of likely N-dealkylation sites (N-methyl/N-ethyl adjacent to an activating group) is 1. The Morgan fingerprint density at radius 3 is 2.68 bits per heavy atom. The van der Waals surface area contributed by atoms with Gasteiger partial charge in [-0.1, -0.05) is 0 Å². The third-order valence-electron chi connectivity index (χ3n) is 3.63. The molecule has 0 unspecified atom stereocenters. The van der Waals surface area contributed by atoms with Crippen molar-refractivity contribution < 1.29 is 9.53 Å². The Labute approximate surface area is 132 Å². The molecule has 0 N–H and O–H groups in total. The highest BCUT2D eigenvalue weighted by atomic mass is 16.6. The largest absolute Gasteiger partial charge is 0.444 e. The smallest absolute Gasteiger partial charge is 0.410 e. The summed E-state index contributed by atoms with van der Waals surface area (Å²) in [6.45, 7) is 7.15. The second-order valence-corrected chi connectivity index (χ2v) is 6.75. The molecule has 0 aromatic carbocycles. The molecule has 0 saturated carbocycles. The SMILES string of the molecule is CN(C[C@H]1CCCCN1C(=O)OC(C)(C)C)c1ncccn1. The number of nitrogens with zero attached hydrogens (tertiary/aromatic N) is 4. The Kier molecular flexibility index (Phi) is 5.21. The molecule has 1 aromatic rings. The maximum Gasteiger partial charge on any atom is 0.410 e. The average molecular weight is 306 g/mol. The lowest BCUT2D eigenvalue weighted by molar-refractivity contribution is 0.0108. The molecule has 6 nitrogen and oxygen atoms in total. The van der Waals surface area contributed by atoms with Gasteiger partial charge in [0.05, 0.1) is 6.04 Å². The molecule has 1 saturated heterocycles. The summed E-state index contributed by atoms with van der Waals surface area (Å²) in [7, 11) is 1.96. The molecule has 1 aliphatic heterocycles. The maximum atomic E-state index is 12.4. The normalized spacial score (nSPS) is 18.9. The Morgan fingerprint density at radius 1 is 1.36 bits per heavy atom. The first-order valence-corrected chi connectivity index (χ1v) is 7.84. The molecule has 122 valence electrons. The van der Waals surface area contributed by atoms with Gasteiger partial charge in [0.2, 0.25) is 5.95 Å². The summed E-state index contributed by atoms with van der Waals surface area (Å²) in [4.78, 5) is 24.8. The van der Waals surface area contributed by atoms with E-state index in [1.165, 1.54) is 0 Å². The molecule has 0 bridgehead atoms. The molecular weight excluding hydrogens is 280 g/mol. The van der Waals surface area contributed by atoms with Crippen molar-refractivity contribution in [3.05, 3.63) is 18.5 Å². The number of carbonyl (C=O) groups excluding carboxylic acids is 1. The van der Waals surface area contributed by atoms with E-state index in [9.17, 15) is 4.79 Å². The molecule has 0 radical (unpaired) electrons. The van der Waals surface area contributed by atoms with Crippen LogP contribution in [0, 0.1) is 0 Å². The minimum atomic E-state index is -0.465. The molecule has 1 aliphatic rings. The van der Waals surface area contributed by atoms with Crippen LogP contribution in [0.5, 0.6) is 0 Å². The highest BCUT2D eigenvalue weighted by Gasteiger charge is 2.31. The predicted molar refractivity (Wildman–Crippen MR) is 85.9 cm³/mol. The molecule has 22 heavy (non-hydrogen) atoms. The number of hydrogen-bond donors (Lipinski definition) is 0. The number of ether oxygens (including phenoxy) is 1. The van der Waals surface area contributed by atoms with Gasteiger partial charge in [-0.25, -0.2) is 14.8 Å². The van der Waals surface area contributed by atoms with E-state index >= 15 is 0 Å². The third kappa shape index (κ3) is 4.58. The Balaban J connectivity index is 2.02. The van der Waals surface area contributed by atoms with Gasteiger partial charge in [-0.05, 0) is 46.1 Å². The topological polar surface area (TPSA) is 58.6 Å². The highest BCUT2D eigenvalue weighted by Crippen LogP contribution is 2.21. The van der Waals surface area contributed by atoms with Gasteiger partial charge in [0.1, 0.15) is 5.60 Å². The Morgan fingerprint density at radius 2 is 2.05 bits per heavy atom. The average Bonchev–Trinajstić information content (AvgIpc) is 2.47. The molecule has 1 atom stereocenters. The lowest BCUT2D eigenvalue weighted by Crippen LogP contribution is -2.50. The van der Waals surface area contributed by atoms with Crippen LogP contribution in [-0.4, -0.2) is 52.7 Å². The van der Waals surface area contributed by atoms with E-state index < -0.39 is 5.60 Å². The van der Waals surface area contributed by atoms with Gasteiger partial charge in [-0.15, -0.1) is 0 Å². The fourth-order valence-corrected chi connectivity index (χ4v) is 2.64. The van der Waals surface area contributed by atoms with E-state index in [2.05, 4.69) is 9.97 Å². The van der Waals surface area contributed by atoms with Crippen LogP contribution in [-0.2, 0) is 4.74 Å². The fraction of sp³-hybridized carbons (Fsp3) is 0.688. The predicted octanol–water partition coefficient (Wildman–Crippen LogP) is 2.70. The summed E-state index contributed by atoms with van der Waals surface area (Å²) < 4.78 is 5.53. The van der Waals surface area contributed by atoms with Gasteiger partial charge >= 0.3 is 6.09 Å². The van der Waals surface area contributed by atoms with Crippen molar-refractivity contribution in [2.75, 3.05) is 25.0 Å². The van der Waals surface area contributed by atoms with Crippen LogP contribution < -0.4 is 4.90 Å². The molecule has 1 fully saturated rings. The van der Waals surface area contributed by atoms with Crippen molar-refractivity contribution in [1.82, 2.24) is 14.9 Å². The van der Waals surface area contributed by atoms with Gasteiger partial charge in [-0.2, -0.15) is 0 Å². The van der Waals surface area contributed by atoms with Crippen molar-refractivity contribution in [3.63, 3.8) is 0 Å². The van der Waals surface area contributed by atoms with E-state index in [1.54, 1.807) is 18.5 Å². The second kappa shape index (κ2) is 6.94. The van der Waals surface area contributed by atoms with E-state index in [0.717, 1.165) is 25.8 Å². The van der Waals surface area contributed by atoms with Crippen LogP contribution in [0.4, 0.5) is 10.7 Å². The van der Waals surface area contributed by atoms with Crippen molar-refractivity contribution in [2.45, 2.75) is 51.7 Å². The quantitative estimate of drug-likeness (QED) is 0.859. The van der Waals surface area contributed by atoms with Gasteiger partial charge in [0.25, 0.3) is 0 Å². The lowest BCUT2D eigenvalue weighted by Gasteiger charge is -2.38. The van der Waals surface area contributed by atoms with Crippen molar-refractivity contribution in [2.24, 2.45) is 0 Å². The zero-order valence-corrected chi connectivity index (χ0v) is 14.0. The highest BCUT2D eigenvalue weighted by molar-refractivity contribution is 5.68. The number of carbonyl (C=O) groups is 1. The summed E-state index contributed by atoms with van der Waals surface area (Å²) in [6, 6.07) is 1.93. The summed E-state index contributed by atoms with van der Waals surface area (Å²) in [5.74, 6) is 0.678. The summed E-state index contributed by atoms with van der Waals surface area (Å²) in [6.07, 6.45) is 6.38. The molecule has 2 heterocycles. The molecule has 6 heteroatoms. The molecule has 0 aliphatic carbocycles. The standard InChI is InChI=1S/C16H26N4O2/c1-16(2,3)22-15(21)20-11-6-5-8-13(20)12-19(4)14-17-9-7-10-18-14/h7,9-10,13H,5-6,8,11-12H2,1-4H3/t13-/m1/s1. The lowest BCUT2D eigenvalue weighted by atomic mass is 10.0. The molecule has 1 aromatic heterocycles. The van der Waals surface area contributed by atoms with Crippen molar-refractivity contribution in [3.8, 4) is 0 Å². The summed E-state index contributed by atoms with van der Waals surface area (Å²) in [5.41, 5.74) is -0.465. The van der Waals surface area contributed by atoms with Gasteiger partial charge in [0, 0.05) is 32.5 Å². The first kappa shape index (κ1) is 16.5. The first-order chi connectivity index (χ1) is 10.4. The van der Waals surface area contributed by atoms with E-state index in [0.29, 0.717) is 12.5 Å². The van der Waals surface area contributed by atoms with Crippen LogP contribution in [0.1, 0.15) is 40.0 Å². The van der Waals surface area contributed by atoms with Crippen molar-refractivity contribution in [1.29, 1.82) is 0 Å². The zero-order valence-electron chi connectivity index (χ0n) is 14.0. The summed E-state index contributed by atoms with van der Waals surface area (Å²) in [5, 5.41) is 0. The Bertz CT molecular complexity index is 487. The second-order valence-electron chi connectivity index (χ2n) is 6.75. The van der Waals surface area contributed by atoms with Crippen LogP contribution in [0.15, 0.2) is 18.5 Å². The van der Waals surface area contributed by atoms with Crippen LogP contribution in [0.3, 0.4) is 0 Å². The molecule has 1 amide bonds. The van der Waals surface area contributed by atoms with Gasteiger partial charge in [0.15, 0.2) is 0 Å². The van der Waals surface area contributed by atoms with Gasteiger partial charge in [-0.3, -0.25) is 0 Å². The first-order valence-electron chi connectivity index (χ1n) is 7.84. The molecule has 2 rings (SSSR count). The van der Waals surface area contributed by atoms with E-state index in [1.807, 2.05) is 37.6 Å². The van der Waals surface area contributed by atoms with Crippen LogP contribution in [0.2, 0.25) is 0 Å². The Hall–Kier alpha value is -1.85. The van der Waals surface area contributed by atoms with Crippen LogP contribution >= 0.6 is 0 Å². The zero-order chi connectivity index (χ0) is 16.2. The summed E-state index contributed by atoms with van der Waals surface area (Å²) >= 11 is 0. The minimum absolute atomic E-state index is 0.136. The number of aromatic nitrogens is 2. The fourth-order valence-electron chi connectivity index (χ4n) is 2.64. The minimum Gasteiger partial charge on any atom is -0.444 e. The van der Waals surface area contributed by atoms with Crippen molar-refractivity contribution >= 4 is 12.0 Å². The molecular formula is C16H26N4O2. The van der Waals surface area contributed by atoms with E-state index in [-0.39, 0.29) is 12.1 Å². The number of anilines is 1. The maximum absolute atomic E-state index is 12.4. The number of rotatable bonds is 3. The van der Waals surface area contributed by atoms with Gasteiger partial charge < -0.3 is 14.5 Å².